The lowest BCUT2D eigenvalue weighted by Crippen LogP contribution is -2.23. The minimum atomic E-state index is -3.92. The summed E-state index contributed by atoms with van der Waals surface area (Å²) in [6.45, 7) is 8.82. The lowest BCUT2D eigenvalue weighted by Gasteiger charge is -2.19. The van der Waals surface area contributed by atoms with Gasteiger partial charge in [-0.15, -0.1) is 11.3 Å². The van der Waals surface area contributed by atoms with Crippen LogP contribution in [0.1, 0.15) is 55.3 Å². The Morgan fingerprint density at radius 2 is 1.73 bits per heavy atom. The summed E-state index contributed by atoms with van der Waals surface area (Å²) in [7, 11) is -3.92. The van der Waals surface area contributed by atoms with Crippen molar-refractivity contribution in [3.63, 3.8) is 0 Å². The Morgan fingerprint density at radius 3 is 2.27 bits per heavy atom. The van der Waals surface area contributed by atoms with Gasteiger partial charge in [0.15, 0.2) is 0 Å². The van der Waals surface area contributed by atoms with Crippen molar-refractivity contribution >= 4 is 40.5 Å². The Bertz CT molecular complexity index is 854. The number of carbonyl (C=O) groups is 2. The van der Waals surface area contributed by atoms with E-state index < -0.39 is 24.7 Å². The Hall–Kier alpha value is -1.53. The molecule has 0 amide bonds. The van der Waals surface area contributed by atoms with Crippen LogP contribution < -0.4 is 0 Å². The van der Waals surface area contributed by atoms with Crippen LogP contribution in [0.5, 0.6) is 0 Å². The fourth-order valence-electron chi connectivity index (χ4n) is 2.31. The normalized spacial score (nSPS) is 12.3. The number of thiophene rings is 1. The van der Waals surface area contributed by atoms with Crippen LogP contribution in [0.15, 0.2) is 23.6 Å². The molecule has 0 N–H and O–H groups in total. The zero-order valence-corrected chi connectivity index (χ0v) is 17.2. The van der Waals surface area contributed by atoms with Gasteiger partial charge < -0.3 is 13.8 Å². The van der Waals surface area contributed by atoms with Crippen molar-refractivity contribution in [1.82, 2.24) is 0 Å². The van der Waals surface area contributed by atoms with Crippen LogP contribution in [0.2, 0.25) is 0 Å². The molecule has 0 fully saturated rings. The van der Waals surface area contributed by atoms with E-state index in [1.165, 1.54) is 17.4 Å². The van der Waals surface area contributed by atoms with E-state index in [4.69, 9.17) is 13.8 Å². The maximum atomic E-state index is 12.7. The Kier molecular flexibility index (Phi) is 6.40. The van der Waals surface area contributed by atoms with Crippen molar-refractivity contribution in [1.29, 1.82) is 0 Å². The number of hydrogen-bond acceptors (Lipinski definition) is 7. The maximum Gasteiger partial charge on any atom is 0.401 e. The molecule has 0 aliphatic rings. The molecule has 0 aliphatic heterocycles. The third-order valence-corrected chi connectivity index (χ3v) is 6.20. The molecule has 26 heavy (non-hydrogen) atoms. The van der Waals surface area contributed by atoms with E-state index >= 15 is 0 Å². The smallest absolute Gasteiger partial charge is 0.401 e. The summed E-state index contributed by atoms with van der Waals surface area (Å²) in [4.78, 5) is 25.1. The van der Waals surface area contributed by atoms with Gasteiger partial charge in [-0.3, -0.25) is 9.36 Å². The van der Waals surface area contributed by atoms with Crippen molar-refractivity contribution < 1.29 is 27.9 Å². The number of ether oxygens (including phenoxy) is 1. The number of carbonyl (C=O) groups excluding carboxylic acids is 2. The third-order valence-electron chi connectivity index (χ3n) is 3.29. The van der Waals surface area contributed by atoms with Gasteiger partial charge in [0.25, 0.3) is 5.52 Å². The second-order valence-electron chi connectivity index (χ2n) is 6.50. The van der Waals surface area contributed by atoms with Gasteiger partial charge in [-0.25, -0.2) is 4.79 Å². The van der Waals surface area contributed by atoms with Crippen molar-refractivity contribution in [3.05, 3.63) is 34.7 Å². The molecule has 1 aromatic heterocycles. The van der Waals surface area contributed by atoms with Crippen LogP contribution in [0, 0.1) is 0 Å². The molecule has 0 saturated heterocycles. The van der Waals surface area contributed by atoms with E-state index in [0.717, 1.165) is 4.70 Å². The van der Waals surface area contributed by atoms with Crippen LogP contribution in [-0.2, 0) is 18.3 Å². The van der Waals surface area contributed by atoms with Crippen LogP contribution in [-0.4, -0.2) is 30.3 Å². The molecular weight excluding hydrogens is 375 g/mol. The Morgan fingerprint density at radius 1 is 1.12 bits per heavy atom. The summed E-state index contributed by atoms with van der Waals surface area (Å²) >= 11 is 1.37. The summed E-state index contributed by atoms with van der Waals surface area (Å²) in [6, 6.07) is 4.81. The van der Waals surface area contributed by atoms with E-state index in [-0.39, 0.29) is 18.8 Å². The van der Waals surface area contributed by atoms with Crippen molar-refractivity contribution in [3.8, 4) is 0 Å². The summed E-state index contributed by atoms with van der Waals surface area (Å²) in [6.07, 6.45) is 0. The lowest BCUT2D eigenvalue weighted by atomic mass is 10.1. The molecule has 8 heteroatoms. The van der Waals surface area contributed by atoms with Crippen LogP contribution >= 0.6 is 18.9 Å². The van der Waals surface area contributed by atoms with Crippen molar-refractivity contribution in [2.45, 2.75) is 40.2 Å². The van der Waals surface area contributed by atoms with Gasteiger partial charge in [-0.05, 0) is 52.8 Å². The number of hydrogen-bond donors (Lipinski definition) is 0. The summed E-state index contributed by atoms with van der Waals surface area (Å²) < 4.78 is 29.2. The van der Waals surface area contributed by atoms with E-state index in [1.54, 1.807) is 52.1 Å². The average molecular weight is 398 g/mol. The van der Waals surface area contributed by atoms with E-state index in [9.17, 15) is 14.2 Å². The van der Waals surface area contributed by atoms with Gasteiger partial charge in [0.05, 0.1) is 18.8 Å². The third kappa shape index (κ3) is 4.60. The largest absolute Gasteiger partial charge is 0.456 e. The molecule has 0 aliphatic carbocycles. The second-order valence-corrected chi connectivity index (χ2v) is 9.33. The average Bonchev–Trinajstić information content (AvgIpc) is 2.96. The zero-order chi connectivity index (χ0) is 19.5. The SMILES string of the molecule is CCOP(=O)(OCC)C(=O)c1ccc2scc(C(=O)OC(C)(C)C)c2c1. The van der Waals surface area contributed by atoms with Gasteiger partial charge >= 0.3 is 13.6 Å². The maximum absolute atomic E-state index is 12.7. The summed E-state index contributed by atoms with van der Waals surface area (Å²) in [5.74, 6) is -0.467. The predicted octanol–water partition coefficient (Wildman–Crippen LogP) is 5.26. The Balaban J connectivity index is 2.44. The van der Waals surface area contributed by atoms with Crippen molar-refractivity contribution in [2.24, 2.45) is 0 Å². The van der Waals surface area contributed by atoms with Crippen LogP contribution in [0.4, 0.5) is 0 Å². The van der Waals surface area contributed by atoms with Gasteiger partial charge in [-0.1, -0.05) is 0 Å². The minimum absolute atomic E-state index is 0.0902. The first-order valence-electron chi connectivity index (χ1n) is 8.30. The fraction of sp³-hybridized carbons (Fsp3) is 0.444. The number of benzene rings is 1. The quantitative estimate of drug-likeness (QED) is 0.467. The fourth-order valence-corrected chi connectivity index (χ4v) is 4.66. The highest BCUT2D eigenvalue weighted by molar-refractivity contribution is 7.72. The standard InChI is InChI=1S/C18H23O6PS/c1-6-22-25(21,23-7-2)17(20)12-8-9-15-13(10-12)14(11-26-15)16(19)24-18(3,4)5/h8-11H,6-7H2,1-5H3. The molecular formula is C18H23O6PS. The molecule has 0 bridgehead atoms. The molecule has 2 rings (SSSR count). The van der Waals surface area contributed by atoms with E-state index in [2.05, 4.69) is 0 Å². The van der Waals surface area contributed by atoms with Gasteiger partial charge in [-0.2, -0.15) is 0 Å². The van der Waals surface area contributed by atoms with Gasteiger partial charge in [0.1, 0.15) is 5.60 Å². The zero-order valence-electron chi connectivity index (χ0n) is 15.5. The topological polar surface area (TPSA) is 78.9 Å². The highest BCUT2D eigenvalue weighted by Gasteiger charge is 2.35. The van der Waals surface area contributed by atoms with E-state index in [1.807, 2.05) is 0 Å². The molecule has 0 atom stereocenters. The summed E-state index contributed by atoms with van der Waals surface area (Å²) in [5.41, 5.74) is -0.800. The van der Waals surface area contributed by atoms with Crippen molar-refractivity contribution in [2.75, 3.05) is 13.2 Å². The highest BCUT2D eigenvalue weighted by Crippen LogP contribution is 2.51. The predicted molar refractivity (Wildman–Crippen MR) is 102 cm³/mol. The van der Waals surface area contributed by atoms with Gasteiger partial charge in [0.2, 0.25) is 0 Å². The molecule has 0 unspecified atom stereocenters. The van der Waals surface area contributed by atoms with Gasteiger partial charge in [0, 0.05) is 21.0 Å². The monoisotopic (exact) mass is 398 g/mol. The molecule has 142 valence electrons. The molecule has 6 nitrogen and oxygen atoms in total. The first-order valence-corrected chi connectivity index (χ1v) is 10.7. The summed E-state index contributed by atoms with van der Waals surface area (Å²) in [5, 5.41) is 2.27. The molecule has 0 spiro atoms. The molecule has 1 heterocycles. The van der Waals surface area contributed by atoms with Crippen LogP contribution in [0.25, 0.3) is 10.1 Å². The second kappa shape index (κ2) is 8.01. The first kappa shape index (κ1) is 20.8. The number of rotatable bonds is 7. The lowest BCUT2D eigenvalue weighted by molar-refractivity contribution is 0.00722. The minimum Gasteiger partial charge on any atom is -0.456 e. The molecule has 1 aromatic carbocycles. The number of esters is 1. The molecule has 0 saturated carbocycles. The van der Waals surface area contributed by atoms with Crippen LogP contribution in [0.3, 0.4) is 0 Å². The molecule has 2 aromatic rings. The number of fused-ring (bicyclic) bond motifs is 1. The highest BCUT2D eigenvalue weighted by atomic mass is 32.1. The molecule has 0 radical (unpaired) electrons. The van der Waals surface area contributed by atoms with E-state index in [0.29, 0.717) is 10.9 Å². The first-order chi connectivity index (χ1) is 12.1. The Labute approximate surface area is 157 Å².